The predicted octanol–water partition coefficient (Wildman–Crippen LogP) is 1.86. The molecule has 0 aliphatic heterocycles. The van der Waals surface area contributed by atoms with Crippen LogP contribution in [-0.2, 0) is 0 Å². The van der Waals surface area contributed by atoms with Crippen molar-refractivity contribution >= 4 is 44.2 Å². The molecule has 92 valence electrons. The Morgan fingerprint density at radius 2 is 2.28 bits per heavy atom. The summed E-state index contributed by atoms with van der Waals surface area (Å²) < 4.78 is 3.79. The van der Waals surface area contributed by atoms with Gasteiger partial charge in [-0.1, -0.05) is 9.59 Å². The Labute approximate surface area is 112 Å². The number of nitro groups is 1. The molecule has 0 radical (unpaired) electrons. The Balaban J connectivity index is 2.26. The molecular weight excluding hydrogens is 326 g/mol. The largest absolute Gasteiger partial charge is 0.295 e. The van der Waals surface area contributed by atoms with Crippen molar-refractivity contribution in [1.82, 2.24) is 14.8 Å². The van der Waals surface area contributed by atoms with Crippen molar-refractivity contribution < 1.29 is 9.72 Å². The third kappa shape index (κ3) is 2.65. The van der Waals surface area contributed by atoms with Crippen LogP contribution in [0.5, 0.6) is 0 Å². The normalized spacial score (nSPS) is 10.1. The number of rotatable bonds is 3. The van der Waals surface area contributed by atoms with Gasteiger partial charge < -0.3 is 0 Å². The van der Waals surface area contributed by atoms with Gasteiger partial charge in [0.15, 0.2) is 0 Å². The lowest BCUT2D eigenvalue weighted by Gasteiger charge is -2.01. The van der Waals surface area contributed by atoms with Gasteiger partial charge in [-0.2, -0.15) is 0 Å². The molecule has 0 aliphatic rings. The van der Waals surface area contributed by atoms with E-state index in [2.05, 4.69) is 36.0 Å². The molecule has 0 atom stereocenters. The number of nitro benzene ring substituents is 1. The summed E-state index contributed by atoms with van der Waals surface area (Å²) in [5.74, 6) is -0.510. The van der Waals surface area contributed by atoms with E-state index < -0.39 is 10.8 Å². The molecule has 0 unspecified atom stereocenters. The summed E-state index contributed by atoms with van der Waals surface area (Å²) in [7, 11) is 0. The Kier molecular flexibility index (Phi) is 3.58. The zero-order chi connectivity index (χ0) is 13.1. The average molecular weight is 330 g/mol. The zero-order valence-corrected chi connectivity index (χ0v) is 10.9. The first-order valence-electron chi connectivity index (χ1n) is 4.48. The Bertz CT molecular complexity index is 603. The van der Waals surface area contributed by atoms with Crippen molar-refractivity contribution in [3.63, 3.8) is 0 Å². The van der Waals surface area contributed by atoms with Gasteiger partial charge in [0.25, 0.3) is 11.6 Å². The third-order valence-electron chi connectivity index (χ3n) is 1.92. The van der Waals surface area contributed by atoms with Crippen molar-refractivity contribution in [2.75, 3.05) is 5.32 Å². The number of anilines is 1. The molecule has 0 saturated carbocycles. The highest BCUT2D eigenvalue weighted by Gasteiger charge is 2.16. The summed E-state index contributed by atoms with van der Waals surface area (Å²) in [5, 5.41) is 20.2. The van der Waals surface area contributed by atoms with Crippen LogP contribution in [0.2, 0.25) is 0 Å². The summed E-state index contributed by atoms with van der Waals surface area (Å²) in [5.41, 5.74) is -0.0295. The maximum Gasteiger partial charge on any atom is 0.284 e. The Hall–Kier alpha value is -1.94. The molecule has 1 aromatic carbocycles. The number of hydrogen-bond donors (Lipinski definition) is 1. The Morgan fingerprint density at radius 1 is 1.50 bits per heavy atom. The average Bonchev–Trinajstić information content (AvgIpc) is 2.81. The molecule has 10 heteroatoms. The first kappa shape index (κ1) is 12.5. The van der Waals surface area contributed by atoms with Crippen LogP contribution in [0.15, 0.2) is 22.7 Å². The highest BCUT2D eigenvalue weighted by molar-refractivity contribution is 9.10. The Morgan fingerprint density at radius 3 is 2.89 bits per heavy atom. The highest BCUT2D eigenvalue weighted by atomic mass is 79.9. The van der Waals surface area contributed by atoms with Gasteiger partial charge in [0.1, 0.15) is 0 Å². The highest BCUT2D eigenvalue weighted by Crippen LogP contribution is 2.25. The summed E-state index contributed by atoms with van der Waals surface area (Å²) in [4.78, 5) is 21.9. The van der Waals surface area contributed by atoms with Crippen LogP contribution >= 0.6 is 27.5 Å². The fourth-order valence-corrected chi connectivity index (χ4v) is 1.90. The molecular formula is C8H4BrN5O3S. The molecule has 2 rings (SSSR count). The minimum absolute atomic E-state index is 0.153. The number of halogens is 1. The van der Waals surface area contributed by atoms with Crippen LogP contribution in [0.4, 0.5) is 10.8 Å². The van der Waals surface area contributed by atoms with Crippen LogP contribution in [0.25, 0.3) is 0 Å². The molecule has 0 saturated heterocycles. The summed E-state index contributed by atoms with van der Waals surface area (Å²) in [6.07, 6.45) is 0. The predicted molar refractivity (Wildman–Crippen MR) is 66.5 cm³/mol. The lowest BCUT2D eigenvalue weighted by Crippen LogP contribution is -2.12. The molecule has 1 aromatic heterocycles. The fraction of sp³-hybridized carbons (Fsp3) is 0. The topological polar surface area (TPSA) is 111 Å². The van der Waals surface area contributed by atoms with Crippen molar-refractivity contribution in [2.24, 2.45) is 0 Å². The number of hydrogen-bond acceptors (Lipinski definition) is 7. The third-order valence-corrected chi connectivity index (χ3v) is 3.11. The quantitative estimate of drug-likeness (QED) is 0.679. The molecule has 1 heterocycles. The van der Waals surface area contributed by atoms with Crippen molar-refractivity contribution in [1.29, 1.82) is 0 Å². The van der Waals surface area contributed by atoms with E-state index >= 15 is 0 Å². The van der Waals surface area contributed by atoms with E-state index in [0.29, 0.717) is 4.47 Å². The minimum Gasteiger partial charge on any atom is -0.295 e. The fourth-order valence-electron chi connectivity index (χ4n) is 1.14. The number of amides is 1. The van der Waals surface area contributed by atoms with Gasteiger partial charge in [-0.25, -0.2) is 0 Å². The van der Waals surface area contributed by atoms with E-state index in [1.165, 1.54) is 18.2 Å². The SMILES string of the molecule is O=C(Nc1nnns1)c1ccc(Br)c([N+](=O)[O-])c1. The molecule has 18 heavy (non-hydrogen) atoms. The first-order chi connectivity index (χ1) is 8.58. The van der Waals surface area contributed by atoms with E-state index in [9.17, 15) is 14.9 Å². The molecule has 0 spiro atoms. The number of carbonyl (C=O) groups excluding carboxylic acids is 1. The van der Waals surface area contributed by atoms with Crippen LogP contribution in [-0.4, -0.2) is 25.6 Å². The number of aromatic nitrogens is 3. The van der Waals surface area contributed by atoms with E-state index in [-0.39, 0.29) is 16.4 Å². The maximum absolute atomic E-state index is 11.8. The number of carbonyl (C=O) groups is 1. The van der Waals surface area contributed by atoms with Gasteiger partial charge in [0.05, 0.1) is 9.40 Å². The van der Waals surface area contributed by atoms with Gasteiger partial charge in [-0.05, 0) is 33.3 Å². The smallest absolute Gasteiger partial charge is 0.284 e. The standard InChI is InChI=1S/C8H4BrN5O3S/c9-5-2-1-4(3-6(5)14(16)17)7(15)10-8-11-12-13-18-8/h1-3H,(H,10,11,13,15). The van der Waals surface area contributed by atoms with Crippen molar-refractivity contribution in [3.05, 3.63) is 38.3 Å². The second-order valence-corrected chi connectivity index (χ2v) is 4.63. The lowest BCUT2D eigenvalue weighted by molar-refractivity contribution is -0.385. The monoisotopic (exact) mass is 329 g/mol. The van der Waals surface area contributed by atoms with E-state index in [4.69, 9.17) is 0 Å². The van der Waals surface area contributed by atoms with Gasteiger partial charge in [0.2, 0.25) is 5.13 Å². The molecule has 8 nitrogen and oxygen atoms in total. The zero-order valence-electron chi connectivity index (χ0n) is 8.53. The maximum atomic E-state index is 11.8. The molecule has 0 fully saturated rings. The van der Waals surface area contributed by atoms with Crippen molar-refractivity contribution in [3.8, 4) is 0 Å². The molecule has 0 aliphatic carbocycles. The van der Waals surface area contributed by atoms with Gasteiger partial charge in [-0.15, -0.1) is 0 Å². The van der Waals surface area contributed by atoms with Crippen molar-refractivity contribution in [2.45, 2.75) is 0 Å². The number of nitrogens with one attached hydrogen (secondary N) is 1. The summed E-state index contributed by atoms with van der Waals surface area (Å²) >= 11 is 3.95. The van der Waals surface area contributed by atoms with Gasteiger partial charge >= 0.3 is 0 Å². The molecule has 1 N–H and O–H groups in total. The number of nitrogens with zero attached hydrogens (tertiary/aromatic N) is 4. The van der Waals surface area contributed by atoms with Crippen LogP contribution < -0.4 is 5.32 Å². The first-order valence-corrected chi connectivity index (χ1v) is 6.05. The minimum atomic E-state index is -0.576. The van der Waals surface area contributed by atoms with Crippen LogP contribution in [0.3, 0.4) is 0 Å². The number of benzene rings is 1. The summed E-state index contributed by atoms with van der Waals surface area (Å²) in [6, 6.07) is 4.07. The second-order valence-electron chi connectivity index (χ2n) is 3.04. The van der Waals surface area contributed by atoms with E-state index in [1.807, 2.05) is 0 Å². The van der Waals surface area contributed by atoms with E-state index in [0.717, 1.165) is 11.5 Å². The lowest BCUT2D eigenvalue weighted by atomic mass is 10.2. The van der Waals surface area contributed by atoms with Gasteiger partial charge in [0, 0.05) is 23.2 Å². The molecule has 1 amide bonds. The molecule has 0 bridgehead atoms. The molecule has 2 aromatic rings. The van der Waals surface area contributed by atoms with Crippen LogP contribution in [0, 0.1) is 10.1 Å². The van der Waals surface area contributed by atoms with Crippen LogP contribution in [0.1, 0.15) is 10.4 Å². The summed E-state index contributed by atoms with van der Waals surface area (Å²) in [6.45, 7) is 0. The van der Waals surface area contributed by atoms with E-state index in [1.54, 1.807) is 0 Å². The second kappa shape index (κ2) is 5.14. The van der Waals surface area contributed by atoms with Gasteiger partial charge in [-0.3, -0.25) is 20.2 Å².